The third kappa shape index (κ3) is 5.09. The Kier molecular flexibility index (Phi) is 6.59. The van der Waals surface area contributed by atoms with Gasteiger partial charge in [0.25, 0.3) is 5.91 Å². The normalized spacial score (nSPS) is 17.6. The molecule has 2 fully saturated rings. The topological polar surface area (TPSA) is 48.0 Å². The second-order valence-electron chi connectivity index (χ2n) is 8.07. The van der Waals surface area contributed by atoms with Gasteiger partial charge in [-0.3, -0.25) is 4.79 Å². The van der Waals surface area contributed by atoms with Gasteiger partial charge in [-0.05, 0) is 56.0 Å². The molecule has 2 aromatic carbocycles. The Labute approximate surface area is 180 Å². The molecular formula is C24H27F2NO4. The fourth-order valence-corrected chi connectivity index (χ4v) is 4.19. The molecule has 0 radical (unpaired) electrons. The molecule has 2 aliphatic rings. The monoisotopic (exact) mass is 431 g/mol. The molecule has 2 aromatic rings. The molecule has 0 spiro atoms. The van der Waals surface area contributed by atoms with Crippen LogP contribution in [0.2, 0.25) is 0 Å². The third-order valence-electron chi connectivity index (χ3n) is 5.92. The molecule has 1 aliphatic heterocycles. The number of halogens is 2. The molecule has 1 amide bonds. The predicted molar refractivity (Wildman–Crippen MR) is 112 cm³/mol. The number of likely N-dealkylation sites (tertiary alicyclic amines) is 1. The molecular weight excluding hydrogens is 404 g/mol. The maximum atomic E-state index is 13.8. The second-order valence-corrected chi connectivity index (χ2v) is 8.07. The van der Waals surface area contributed by atoms with Crippen molar-refractivity contribution in [3.8, 4) is 17.2 Å². The van der Waals surface area contributed by atoms with Gasteiger partial charge >= 0.3 is 0 Å². The zero-order chi connectivity index (χ0) is 21.8. The highest BCUT2D eigenvalue weighted by Crippen LogP contribution is 2.33. The zero-order valence-electron chi connectivity index (χ0n) is 17.6. The van der Waals surface area contributed by atoms with Gasteiger partial charge in [-0.2, -0.15) is 0 Å². The smallest absolute Gasteiger partial charge is 0.253 e. The SMILES string of the molecule is COc1cc(C(=O)N2CCC(Oc3ccc(F)cc3F)CC2)ccc1OC1CCCC1. The third-order valence-corrected chi connectivity index (χ3v) is 5.92. The van der Waals surface area contributed by atoms with Gasteiger partial charge in [-0.25, -0.2) is 8.78 Å². The maximum Gasteiger partial charge on any atom is 0.253 e. The number of hydrogen-bond donors (Lipinski definition) is 0. The van der Waals surface area contributed by atoms with Crippen LogP contribution in [0.25, 0.3) is 0 Å². The van der Waals surface area contributed by atoms with E-state index in [9.17, 15) is 13.6 Å². The summed E-state index contributed by atoms with van der Waals surface area (Å²) in [6, 6.07) is 8.57. The molecule has 0 atom stereocenters. The van der Waals surface area contributed by atoms with E-state index < -0.39 is 11.6 Å². The van der Waals surface area contributed by atoms with Gasteiger partial charge < -0.3 is 19.1 Å². The van der Waals surface area contributed by atoms with Crippen LogP contribution >= 0.6 is 0 Å². The molecule has 0 aromatic heterocycles. The first-order valence-corrected chi connectivity index (χ1v) is 10.8. The lowest BCUT2D eigenvalue weighted by Crippen LogP contribution is -2.41. The molecule has 1 aliphatic carbocycles. The number of carbonyl (C=O) groups excluding carboxylic acids is 1. The Balaban J connectivity index is 1.35. The van der Waals surface area contributed by atoms with Crippen molar-refractivity contribution < 1.29 is 27.8 Å². The van der Waals surface area contributed by atoms with Crippen LogP contribution in [-0.4, -0.2) is 43.2 Å². The standard InChI is InChI=1S/C24H27F2NO4/c1-29-23-14-16(6-8-22(23)31-18-4-2-3-5-18)24(28)27-12-10-19(11-13-27)30-21-9-7-17(25)15-20(21)26/h6-9,14-15,18-19H,2-5,10-13H2,1H3. The zero-order valence-corrected chi connectivity index (χ0v) is 17.6. The van der Waals surface area contributed by atoms with E-state index >= 15 is 0 Å². The van der Waals surface area contributed by atoms with E-state index in [-0.39, 0.29) is 23.9 Å². The van der Waals surface area contributed by atoms with Crippen LogP contribution in [0, 0.1) is 11.6 Å². The minimum absolute atomic E-state index is 0.0359. The first-order chi connectivity index (χ1) is 15.0. The summed E-state index contributed by atoms with van der Waals surface area (Å²) in [4.78, 5) is 14.7. The summed E-state index contributed by atoms with van der Waals surface area (Å²) in [5, 5.41) is 0. The number of ether oxygens (including phenoxy) is 3. The molecule has 0 N–H and O–H groups in total. The molecule has 0 unspecified atom stereocenters. The largest absolute Gasteiger partial charge is 0.493 e. The van der Waals surface area contributed by atoms with E-state index in [1.807, 2.05) is 0 Å². The summed E-state index contributed by atoms with van der Waals surface area (Å²) in [5.41, 5.74) is 0.541. The van der Waals surface area contributed by atoms with Gasteiger partial charge in [0.2, 0.25) is 0 Å². The summed E-state index contributed by atoms with van der Waals surface area (Å²) >= 11 is 0. The Morgan fingerprint density at radius 1 is 0.871 bits per heavy atom. The quantitative estimate of drug-likeness (QED) is 0.647. The van der Waals surface area contributed by atoms with Crippen LogP contribution in [0.1, 0.15) is 48.9 Å². The molecule has 31 heavy (non-hydrogen) atoms. The van der Waals surface area contributed by atoms with Crippen LogP contribution in [-0.2, 0) is 0 Å². The molecule has 1 saturated carbocycles. The van der Waals surface area contributed by atoms with E-state index in [0.29, 0.717) is 43.0 Å². The lowest BCUT2D eigenvalue weighted by atomic mass is 10.1. The lowest BCUT2D eigenvalue weighted by molar-refractivity contribution is 0.0587. The van der Waals surface area contributed by atoms with E-state index in [4.69, 9.17) is 14.2 Å². The summed E-state index contributed by atoms with van der Waals surface area (Å²) in [6.07, 6.45) is 5.58. The van der Waals surface area contributed by atoms with Crippen LogP contribution in [0.5, 0.6) is 17.2 Å². The average molecular weight is 431 g/mol. The fourth-order valence-electron chi connectivity index (χ4n) is 4.19. The highest BCUT2D eigenvalue weighted by Gasteiger charge is 2.26. The molecule has 0 bridgehead atoms. The lowest BCUT2D eigenvalue weighted by Gasteiger charge is -2.32. The summed E-state index contributed by atoms with van der Waals surface area (Å²) < 4.78 is 44.0. The Morgan fingerprint density at radius 3 is 2.19 bits per heavy atom. The molecule has 1 saturated heterocycles. The first-order valence-electron chi connectivity index (χ1n) is 10.8. The van der Waals surface area contributed by atoms with Crippen LogP contribution in [0.4, 0.5) is 8.78 Å². The minimum Gasteiger partial charge on any atom is -0.493 e. The molecule has 4 rings (SSSR count). The van der Waals surface area contributed by atoms with Crippen molar-refractivity contribution in [1.29, 1.82) is 0 Å². The van der Waals surface area contributed by atoms with E-state index in [2.05, 4.69) is 0 Å². The first kappa shape index (κ1) is 21.4. The fraction of sp³-hybridized carbons (Fsp3) is 0.458. The number of methoxy groups -OCH3 is 1. The van der Waals surface area contributed by atoms with E-state index in [1.165, 1.54) is 25.0 Å². The van der Waals surface area contributed by atoms with Crippen molar-refractivity contribution in [2.75, 3.05) is 20.2 Å². The maximum absolute atomic E-state index is 13.8. The minimum atomic E-state index is -0.717. The number of amides is 1. The summed E-state index contributed by atoms with van der Waals surface area (Å²) in [5.74, 6) is -0.182. The summed E-state index contributed by atoms with van der Waals surface area (Å²) in [6.45, 7) is 0.990. The van der Waals surface area contributed by atoms with Gasteiger partial charge in [0.05, 0.1) is 13.2 Å². The second kappa shape index (κ2) is 9.54. The number of benzene rings is 2. The van der Waals surface area contributed by atoms with Crippen molar-refractivity contribution in [1.82, 2.24) is 4.90 Å². The van der Waals surface area contributed by atoms with Crippen LogP contribution < -0.4 is 14.2 Å². The van der Waals surface area contributed by atoms with Gasteiger partial charge in [0.15, 0.2) is 23.1 Å². The van der Waals surface area contributed by atoms with Crippen LogP contribution in [0.3, 0.4) is 0 Å². The average Bonchev–Trinajstić information content (AvgIpc) is 3.29. The van der Waals surface area contributed by atoms with Crippen molar-refractivity contribution in [3.63, 3.8) is 0 Å². The van der Waals surface area contributed by atoms with E-state index in [0.717, 1.165) is 18.9 Å². The van der Waals surface area contributed by atoms with Gasteiger partial charge in [0, 0.05) is 37.6 Å². The van der Waals surface area contributed by atoms with Gasteiger partial charge in [0.1, 0.15) is 11.9 Å². The predicted octanol–water partition coefficient (Wildman–Crippen LogP) is 4.98. The van der Waals surface area contributed by atoms with Crippen LogP contribution in [0.15, 0.2) is 36.4 Å². The number of carbonyl (C=O) groups is 1. The Bertz CT molecular complexity index is 922. The van der Waals surface area contributed by atoms with Crippen molar-refractivity contribution in [2.24, 2.45) is 0 Å². The number of piperidine rings is 1. The van der Waals surface area contributed by atoms with Gasteiger partial charge in [-0.1, -0.05) is 0 Å². The number of rotatable bonds is 6. The van der Waals surface area contributed by atoms with Crippen molar-refractivity contribution in [2.45, 2.75) is 50.7 Å². The molecule has 166 valence electrons. The highest BCUT2D eigenvalue weighted by atomic mass is 19.1. The Morgan fingerprint density at radius 2 is 1.52 bits per heavy atom. The molecule has 7 heteroatoms. The number of hydrogen-bond acceptors (Lipinski definition) is 4. The highest BCUT2D eigenvalue weighted by molar-refractivity contribution is 5.95. The van der Waals surface area contributed by atoms with Crippen molar-refractivity contribution >= 4 is 5.91 Å². The number of nitrogens with zero attached hydrogens (tertiary/aromatic N) is 1. The molecule has 1 heterocycles. The van der Waals surface area contributed by atoms with Gasteiger partial charge in [-0.15, -0.1) is 0 Å². The van der Waals surface area contributed by atoms with Crippen molar-refractivity contribution in [3.05, 3.63) is 53.6 Å². The molecule has 5 nitrogen and oxygen atoms in total. The Hall–Kier alpha value is -2.83. The van der Waals surface area contributed by atoms with E-state index in [1.54, 1.807) is 30.2 Å². The summed E-state index contributed by atoms with van der Waals surface area (Å²) in [7, 11) is 1.57.